The van der Waals surface area contributed by atoms with E-state index in [0.717, 1.165) is 48.7 Å². The zero-order valence-electron chi connectivity index (χ0n) is 56.8. The average molecular weight is 1080 g/mol. The Labute approximate surface area is 480 Å². The summed E-state index contributed by atoms with van der Waals surface area (Å²) in [5.74, 6) is 0. The van der Waals surface area contributed by atoms with Crippen molar-refractivity contribution in [1.29, 1.82) is 0 Å². The van der Waals surface area contributed by atoms with Gasteiger partial charge < -0.3 is 18.9 Å². The smallest absolute Gasteiger partial charge is 0.456 e. The van der Waals surface area contributed by atoms with Crippen molar-refractivity contribution in [2.75, 3.05) is 0 Å². The largest absolute Gasteiger partial charge is 0.488 e. The van der Waals surface area contributed by atoms with Gasteiger partial charge in [0, 0.05) is 26.0 Å². The van der Waals surface area contributed by atoms with Gasteiger partial charge in [0.25, 0.3) is 0 Å². The molecule has 0 aliphatic heterocycles. The van der Waals surface area contributed by atoms with Crippen LogP contribution in [0.15, 0.2) is 280 Å². The molecule has 0 saturated heterocycles. The highest BCUT2D eigenvalue weighted by Gasteiger charge is 2.19. The molecule has 0 atom stereocenters. The van der Waals surface area contributed by atoms with Crippen molar-refractivity contribution in [3.05, 3.63) is 271 Å². The lowest BCUT2D eigenvalue weighted by Gasteiger charge is -2.17. The molecule has 0 unspecified atom stereocenters. The van der Waals surface area contributed by atoms with Gasteiger partial charge in [-0.15, -0.1) is 0 Å². The molecule has 16 aromatic rings. The van der Waals surface area contributed by atoms with E-state index >= 15 is 0 Å². The standard InChI is InChI=1S/C36H22O.C20H13Br.C16H11BO3/c1-2-10-23(11-3-1)35-28-14-6-8-16-30(28)36(31-17-9-7-15-29(31)35)26-18-19-27-32-20-24-12-4-5-13-25(24)21-34(32)37-33(27)22-26;21-20-17-12-6-4-10-15(17)19(14-8-2-1-3-9-14)16-11-5-7-13-18(16)20;18-17(19)12-5-6-13-14-7-10-3-1-2-4-11(10)8-15(14)20-16(13)9-12/h1-22H;1-13H;1-9,18-19H/i6D,7D,8D,9D,14D,15D,16D,17D;4D,5D,6D,7D,10D,11D,12D,13D;. The lowest BCUT2D eigenvalue weighted by molar-refractivity contribution is 0.425. The Morgan fingerprint density at radius 1 is 0.308 bits per heavy atom. The molecule has 4 nitrogen and oxygen atoms in total. The fourth-order valence-electron chi connectivity index (χ4n) is 10.5. The van der Waals surface area contributed by atoms with Crippen LogP contribution in [0.1, 0.15) is 21.9 Å². The van der Waals surface area contributed by atoms with Crippen LogP contribution in [0.5, 0.6) is 0 Å². The van der Waals surface area contributed by atoms with Crippen LogP contribution in [0.3, 0.4) is 0 Å². The van der Waals surface area contributed by atoms with Crippen LogP contribution in [-0.2, 0) is 0 Å². The van der Waals surface area contributed by atoms with E-state index in [9.17, 15) is 10.0 Å². The third-order valence-electron chi connectivity index (χ3n) is 14.1. The molecule has 16 rings (SSSR count). The van der Waals surface area contributed by atoms with Gasteiger partial charge in [0.2, 0.25) is 0 Å². The minimum Gasteiger partial charge on any atom is -0.456 e. The van der Waals surface area contributed by atoms with Gasteiger partial charge in [-0.2, -0.15) is 0 Å². The molecule has 0 aliphatic rings. The molecule has 0 fully saturated rings. The highest BCUT2D eigenvalue weighted by atomic mass is 79.9. The first-order valence-electron chi connectivity index (χ1n) is 32.8. The number of rotatable bonds is 4. The number of hydrogen-bond acceptors (Lipinski definition) is 4. The van der Waals surface area contributed by atoms with Gasteiger partial charge in [0.15, 0.2) is 0 Å². The number of fused-ring (bicyclic) bond motifs is 12. The van der Waals surface area contributed by atoms with E-state index in [1.54, 1.807) is 72.8 Å². The summed E-state index contributed by atoms with van der Waals surface area (Å²) in [4.78, 5) is 0. The highest BCUT2D eigenvalue weighted by molar-refractivity contribution is 9.10. The van der Waals surface area contributed by atoms with Gasteiger partial charge in [-0.25, -0.2) is 0 Å². The first-order chi connectivity index (χ1) is 45.1. The molecule has 6 heteroatoms. The number of furan rings is 2. The zero-order valence-corrected chi connectivity index (χ0v) is 42.4. The molecule has 0 radical (unpaired) electrons. The number of halogens is 1. The second kappa shape index (κ2) is 19.7. The molecule has 0 amide bonds. The van der Waals surface area contributed by atoms with E-state index in [1.165, 1.54) is 0 Å². The van der Waals surface area contributed by atoms with E-state index in [0.29, 0.717) is 55.6 Å². The fraction of sp³-hybridized carbons (Fsp3) is 0. The minimum atomic E-state index is -1.48. The number of hydrogen-bond donors (Lipinski definition) is 2. The Morgan fingerprint density at radius 3 is 1.06 bits per heavy atom. The second-order valence-corrected chi connectivity index (χ2v) is 19.4. The van der Waals surface area contributed by atoms with Crippen molar-refractivity contribution < 1.29 is 40.8 Å². The Kier molecular flexibility index (Phi) is 8.33. The summed E-state index contributed by atoms with van der Waals surface area (Å²) < 4.78 is 149. The summed E-state index contributed by atoms with van der Waals surface area (Å²) in [5.41, 5.74) is 5.83. The van der Waals surface area contributed by atoms with Crippen LogP contribution in [0.4, 0.5) is 0 Å². The first-order valence-corrected chi connectivity index (χ1v) is 25.6. The van der Waals surface area contributed by atoms with Crippen LogP contribution >= 0.6 is 15.9 Å². The summed E-state index contributed by atoms with van der Waals surface area (Å²) >= 11 is 3.38. The molecule has 0 bridgehead atoms. The van der Waals surface area contributed by atoms with E-state index in [4.69, 9.17) is 30.8 Å². The highest BCUT2D eigenvalue weighted by Crippen LogP contribution is 2.46. The summed E-state index contributed by atoms with van der Waals surface area (Å²) in [7, 11) is -1.48. The molecule has 2 heterocycles. The van der Waals surface area contributed by atoms with Gasteiger partial charge in [-0.05, 0) is 162 Å². The number of benzene rings is 14. The molecule has 2 aromatic heterocycles. The van der Waals surface area contributed by atoms with Crippen LogP contribution in [0.2, 0.25) is 0 Å². The van der Waals surface area contributed by atoms with Crippen molar-refractivity contribution in [3.63, 3.8) is 0 Å². The SMILES string of the molecule is OB(O)c1ccc2c(c1)oc1cc3ccccc3cc12.[2H]c1c([2H])c([2H])c2c(-c3ccc4c(c3)oc3cc5ccccc5cc34)c3c([2H])c([2H])c([2H])c([2H])c3c(-c3ccccc3)c2c1[2H].[2H]c1c([2H])c([2H])c2c(-c3ccccc3)c3c([2H])c([2H])c([2H])c([2H])c3c(Br)c2c1[2H]. The van der Waals surface area contributed by atoms with E-state index in [-0.39, 0.29) is 95.9 Å². The third kappa shape index (κ3) is 8.26. The summed E-state index contributed by atoms with van der Waals surface area (Å²) in [6.07, 6.45) is 0. The van der Waals surface area contributed by atoms with Crippen LogP contribution < -0.4 is 5.46 Å². The van der Waals surface area contributed by atoms with E-state index in [1.807, 2.05) is 78.9 Å². The maximum Gasteiger partial charge on any atom is 0.488 e. The van der Waals surface area contributed by atoms with Gasteiger partial charge >= 0.3 is 7.12 Å². The van der Waals surface area contributed by atoms with Gasteiger partial charge in [0.1, 0.15) is 22.3 Å². The van der Waals surface area contributed by atoms with Crippen LogP contribution in [0.25, 0.3) is 142 Å². The predicted molar refractivity (Wildman–Crippen MR) is 333 cm³/mol. The van der Waals surface area contributed by atoms with Gasteiger partial charge in [-0.3, -0.25) is 0 Å². The van der Waals surface area contributed by atoms with Crippen molar-refractivity contribution in [2.45, 2.75) is 0 Å². The van der Waals surface area contributed by atoms with Crippen molar-refractivity contribution in [1.82, 2.24) is 0 Å². The van der Waals surface area contributed by atoms with E-state index in [2.05, 4.69) is 34.1 Å². The quantitative estimate of drug-likeness (QED) is 0.136. The minimum absolute atomic E-state index is 0.179. The lowest BCUT2D eigenvalue weighted by Crippen LogP contribution is -2.29. The zero-order chi connectivity index (χ0) is 66.2. The Balaban J connectivity index is 0.000000133. The van der Waals surface area contributed by atoms with Gasteiger partial charge in [-0.1, -0.05) is 224 Å². The predicted octanol–water partition coefficient (Wildman–Crippen LogP) is 19.2. The van der Waals surface area contributed by atoms with Crippen LogP contribution in [0, 0.1) is 0 Å². The van der Waals surface area contributed by atoms with Crippen molar-refractivity contribution in [3.8, 4) is 33.4 Å². The third-order valence-corrected chi connectivity index (χ3v) is 14.9. The Bertz CT molecular complexity index is 5780. The average Bonchev–Trinajstić information content (AvgIpc) is 0.927. The maximum atomic E-state index is 9.23. The molecular formula is C72H46BBrO4. The maximum absolute atomic E-state index is 9.23. The molecular weight excluding hydrogens is 1020 g/mol. The molecule has 14 aromatic carbocycles. The van der Waals surface area contributed by atoms with Gasteiger partial charge in [0.05, 0.1) is 21.9 Å². The Morgan fingerprint density at radius 2 is 0.641 bits per heavy atom. The van der Waals surface area contributed by atoms with Crippen LogP contribution in [-0.4, -0.2) is 17.2 Å². The summed E-state index contributed by atoms with van der Waals surface area (Å²) in [6, 6.07) is 47.4. The monoisotopic (exact) mass is 1080 g/mol. The van der Waals surface area contributed by atoms with Crippen molar-refractivity contribution in [2.24, 2.45) is 0 Å². The van der Waals surface area contributed by atoms with E-state index < -0.39 is 55.5 Å². The normalized spacial score (nSPS) is 14.4. The molecule has 368 valence electrons. The summed E-state index contributed by atoms with van der Waals surface area (Å²) in [6.45, 7) is 0. The fourth-order valence-corrected chi connectivity index (χ4v) is 11.1. The second-order valence-electron chi connectivity index (χ2n) is 18.6. The molecule has 0 aliphatic carbocycles. The molecule has 0 spiro atoms. The Hall–Kier alpha value is -9.30. The van der Waals surface area contributed by atoms with Crippen molar-refractivity contribution >= 4 is 137 Å². The first kappa shape index (κ1) is 33.0. The topological polar surface area (TPSA) is 66.7 Å². The molecule has 2 N–H and O–H groups in total. The summed E-state index contributed by atoms with van der Waals surface area (Å²) in [5, 5.41) is 28.2. The lowest BCUT2D eigenvalue weighted by atomic mass is 9.80. The molecule has 0 saturated carbocycles. The molecule has 78 heavy (non-hydrogen) atoms.